The van der Waals surface area contributed by atoms with E-state index < -0.39 is 0 Å². The molecule has 5 nitrogen and oxygen atoms in total. The van der Waals surface area contributed by atoms with E-state index in [0.717, 1.165) is 37.2 Å². The van der Waals surface area contributed by atoms with Crippen LogP contribution in [-0.2, 0) is 7.05 Å². The minimum absolute atomic E-state index is 0.162. The van der Waals surface area contributed by atoms with Gasteiger partial charge in [0, 0.05) is 49.6 Å². The summed E-state index contributed by atoms with van der Waals surface area (Å²) in [7, 11) is 1.95. The largest absolute Gasteiger partial charge is 0.356 e. The monoisotopic (exact) mass is 374 g/mol. The number of likely N-dealkylation sites (tertiary alicyclic amines) is 1. The molecule has 2 fully saturated rings. The standard InChI is InChI=1S/C23H26N4O/c1-16-6-4-5-7-20(16)27-21(10-17(2)24-27)19-11-23(12-19)14-26(15-23)22(28)18-8-9-25(3)13-18/h4-10,13,19H,11-12,14-15H2,1-3H3. The van der Waals surface area contributed by atoms with E-state index >= 15 is 0 Å². The van der Waals surface area contributed by atoms with E-state index in [1.165, 1.54) is 16.9 Å². The minimum atomic E-state index is 0.162. The number of aromatic nitrogens is 3. The predicted molar refractivity (Wildman–Crippen MR) is 109 cm³/mol. The van der Waals surface area contributed by atoms with Crippen molar-refractivity contribution in [2.45, 2.75) is 32.6 Å². The first-order chi connectivity index (χ1) is 13.4. The number of nitrogens with zero attached hydrogens (tertiary/aromatic N) is 4. The second-order valence-electron chi connectivity index (χ2n) is 8.74. The van der Waals surface area contributed by atoms with Crippen molar-refractivity contribution in [2.24, 2.45) is 12.5 Å². The first-order valence-electron chi connectivity index (χ1n) is 9.98. The molecule has 1 amide bonds. The summed E-state index contributed by atoms with van der Waals surface area (Å²) in [6.45, 7) is 5.97. The molecule has 0 N–H and O–H groups in total. The van der Waals surface area contributed by atoms with E-state index in [2.05, 4.69) is 48.9 Å². The van der Waals surface area contributed by atoms with E-state index in [0.29, 0.717) is 11.3 Å². The fourth-order valence-electron chi connectivity index (χ4n) is 4.98. The number of carbonyl (C=O) groups is 1. The third-order valence-corrected chi connectivity index (χ3v) is 6.40. The van der Waals surface area contributed by atoms with Crippen LogP contribution in [0.25, 0.3) is 5.69 Å². The third kappa shape index (κ3) is 2.68. The molecule has 1 saturated heterocycles. The maximum atomic E-state index is 12.6. The van der Waals surface area contributed by atoms with E-state index in [-0.39, 0.29) is 5.91 Å². The Balaban J connectivity index is 1.29. The van der Waals surface area contributed by atoms with Crippen molar-refractivity contribution in [1.82, 2.24) is 19.2 Å². The number of amides is 1. The van der Waals surface area contributed by atoms with E-state index in [4.69, 9.17) is 5.10 Å². The highest BCUT2D eigenvalue weighted by Crippen LogP contribution is 2.56. The number of benzene rings is 1. The number of hydrogen-bond donors (Lipinski definition) is 0. The van der Waals surface area contributed by atoms with Crippen LogP contribution in [0, 0.1) is 19.3 Å². The number of para-hydroxylation sites is 1. The molecule has 3 aromatic rings. The normalized spacial score (nSPS) is 18.2. The first kappa shape index (κ1) is 17.3. The van der Waals surface area contributed by atoms with Crippen LogP contribution < -0.4 is 0 Å². The highest BCUT2D eigenvalue weighted by Gasteiger charge is 2.54. The highest BCUT2D eigenvalue weighted by molar-refractivity contribution is 5.94. The maximum absolute atomic E-state index is 12.6. The van der Waals surface area contributed by atoms with Gasteiger partial charge in [0.15, 0.2) is 0 Å². The molecule has 1 spiro atoms. The minimum Gasteiger partial charge on any atom is -0.356 e. The molecule has 0 radical (unpaired) electrons. The van der Waals surface area contributed by atoms with Gasteiger partial charge < -0.3 is 9.47 Å². The van der Waals surface area contributed by atoms with Crippen LogP contribution in [0.4, 0.5) is 0 Å². The predicted octanol–water partition coefficient (Wildman–Crippen LogP) is 3.85. The topological polar surface area (TPSA) is 43.1 Å². The average molecular weight is 374 g/mol. The van der Waals surface area contributed by atoms with Gasteiger partial charge in [-0.3, -0.25) is 4.79 Å². The van der Waals surface area contributed by atoms with Gasteiger partial charge in [0.1, 0.15) is 0 Å². The average Bonchev–Trinajstić information content (AvgIpc) is 3.19. The Kier molecular flexibility index (Phi) is 3.76. The summed E-state index contributed by atoms with van der Waals surface area (Å²) in [5.41, 5.74) is 5.88. The summed E-state index contributed by atoms with van der Waals surface area (Å²) in [5, 5.41) is 4.77. The van der Waals surface area contributed by atoms with Crippen LogP contribution in [0.2, 0.25) is 0 Å². The van der Waals surface area contributed by atoms with E-state index in [1.54, 1.807) is 0 Å². The molecule has 0 bridgehead atoms. The fourth-order valence-corrected chi connectivity index (χ4v) is 4.98. The Bertz CT molecular complexity index is 1050. The van der Waals surface area contributed by atoms with Gasteiger partial charge in [-0.05, 0) is 50.5 Å². The molecule has 1 aromatic carbocycles. The molecular weight excluding hydrogens is 348 g/mol. The molecule has 0 atom stereocenters. The molecular formula is C23H26N4O. The maximum Gasteiger partial charge on any atom is 0.255 e. The number of hydrogen-bond acceptors (Lipinski definition) is 2. The van der Waals surface area contributed by atoms with Gasteiger partial charge in [-0.15, -0.1) is 0 Å². The molecule has 1 saturated carbocycles. The lowest BCUT2D eigenvalue weighted by atomic mass is 9.57. The number of aryl methyl sites for hydroxylation is 3. The van der Waals surface area contributed by atoms with Gasteiger partial charge in [0.05, 0.1) is 16.9 Å². The van der Waals surface area contributed by atoms with Crippen LogP contribution in [0.15, 0.2) is 48.8 Å². The second kappa shape index (κ2) is 6.09. The van der Waals surface area contributed by atoms with Crippen molar-refractivity contribution >= 4 is 5.91 Å². The lowest BCUT2D eigenvalue weighted by Gasteiger charge is -2.59. The SMILES string of the molecule is Cc1cc(C2CC3(C2)CN(C(=O)c2ccn(C)c2)C3)n(-c2ccccc2C)n1. The van der Waals surface area contributed by atoms with Crippen LogP contribution >= 0.6 is 0 Å². The van der Waals surface area contributed by atoms with E-state index in [1.807, 2.05) is 35.0 Å². The van der Waals surface area contributed by atoms with Gasteiger partial charge >= 0.3 is 0 Å². The Labute approximate surface area is 165 Å². The summed E-state index contributed by atoms with van der Waals surface area (Å²) in [4.78, 5) is 14.6. The van der Waals surface area contributed by atoms with Gasteiger partial charge in [0.25, 0.3) is 5.91 Å². The van der Waals surface area contributed by atoms with Crippen LogP contribution in [0.3, 0.4) is 0 Å². The van der Waals surface area contributed by atoms with Crippen LogP contribution in [-0.4, -0.2) is 38.2 Å². The Morgan fingerprint density at radius 3 is 2.57 bits per heavy atom. The van der Waals surface area contributed by atoms with Crippen molar-refractivity contribution in [3.8, 4) is 5.69 Å². The van der Waals surface area contributed by atoms with Crippen molar-refractivity contribution in [3.05, 3.63) is 71.3 Å². The van der Waals surface area contributed by atoms with Gasteiger partial charge in [-0.1, -0.05) is 18.2 Å². The van der Waals surface area contributed by atoms with Crippen LogP contribution in [0.5, 0.6) is 0 Å². The molecule has 0 unspecified atom stereocenters. The number of rotatable bonds is 3. The lowest BCUT2D eigenvalue weighted by molar-refractivity contribution is -0.0565. The van der Waals surface area contributed by atoms with Crippen molar-refractivity contribution in [1.29, 1.82) is 0 Å². The highest BCUT2D eigenvalue weighted by atomic mass is 16.2. The van der Waals surface area contributed by atoms with Gasteiger partial charge in [-0.25, -0.2) is 4.68 Å². The summed E-state index contributed by atoms with van der Waals surface area (Å²) in [6, 6.07) is 12.6. The molecule has 5 rings (SSSR count). The molecule has 3 heterocycles. The molecule has 1 aliphatic heterocycles. The van der Waals surface area contributed by atoms with Crippen molar-refractivity contribution in [3.63, 3.8) is 0 Å². The second-order valence-corrected chi connectivity index (χ2v) is 8.74. The first-order valence-corrected chi connectivity index (χ1v) is 9.98. The van der Waals surface area contributed by atoms with Gasteiger partial charge in [0.2, 0.25) is 0 Å². The fraction of sp³-hybridized carbons (Fsp3) is 0.391. The summed E-state index contributed by atoms with van der Waals surface area (Å²) in [6.07, 6.45) is 6.11. The molecule has 1 aliphatic carbocycles. The summed E-state index contributed by atoms with van der Waals surface area (Å²) in [5.74, 6) is 0.685. The molecule has 144 valence electrons. The summed E-state index contributed by atoms with van der Waals surface area (Å²) >= 11 is 0. The zero-order valence-corrected chi connectivity index (χ0v) is 16.7. The zero-order valence-electron chi connectivity index (χ0n) is 16.7. The third-order valence-electron chi connectivity index (χ3n) is 6.40. The molecule has 5 heteroatoms. The molecule has 2 aliphatic rings. The smallest absolute Gasteiger partial charge is 0.255 e. The molecule has 2 aromatic heterocycles. The van der Waals surface area contributed by atoms with Gasteiger partial charge in [-0.2, -0.15) is 5.10 Å². The number of carbonyl (C=O) groups excluding carboxylic acids is 1. The quantitative estimate of drug-likeness (QED) is 0.699. The van der Waals surface area contributed by atoms with Crippen molar-refractivity contribution < 1.29 is 4.79 Å². The Morgan fingerprint density at radius 1 is 1.14 bits per heavy atom. The Hall–Kier alpha value is -2.82. The van der Waals surface area contributed by atoms with Crippen LogP contribution in [0.1, 0.15) is 46.1 Å². The van der Waals surface area contributed by atoms with Crippen molar-refractivity contribution in [2.75, 3.05) is 13.1 Å². The molecule has 28 heavy (non-hydrogen) atoms. The zero-order chi connectivity index (χ0) is 19.5. The Morgan fingerprint density at radius 2 is 1.89 bits per heavy atom. The lowest BCUT2D eigenvalue weighted by Crippen LogP contribution is -2.63. The summed E-state index contributed by atoms with van der Waals surface area (Å²) < 4.78 is 4.06. The van der Waals surface area contributed by atoms with E-state index in [9.17, 15) is 4.79 Å².